The quantitative estimate of drug-likeness (QED) is 0.531. The standard InChI is InChI=1S/C29H37ClN4O4/c1-4-38-23-14-15-24(25(30)16-23)28(36)34-17-19(2)33(18-21-10-8-9-13-26(21)34)29(37)31-20(3)27(35)32-22-11-6-5-7-12-22/h8-10,13-16,19-20,22H,4-7,11-12,17-18H2,1-3H3,(H,31,37)(H,32,35)/t19-,20+/m1/s1. The Bertz CT molecular complexity index is 1170. The lowest BCUT2D eigenvalue weighted by Gasteiger charge is -2.31. The maximum absolute atomic E-state index is 13.7. The summed E-state index contributed by atoms with van der Waals surface area (Å²) >= 11 is 6.48. The summed E-state index contributed by atoms with van der Waals surface area (Å²) in [6, 6.07) is 11.4. The molecule has 4 amide bonds. The van der Waals surface area contributed by atoms with E-state index in [9.17, 15) is 14.4 Å². The lowest BCUT2D eigenvalue weighted by atomic mass is 9.95. The number of halogens is 1. The Morgan fingerprint density at radius 3 is 2.55 bits per heavy atom. The van der Waals surface area contributed by atoms with Crippen molar-refractivity contribution in [2.24, 2.45) is 0 Å². The molecule has 4 rings (SSSR count). The van der Waals surface area contributed by atoms with Crippen LogP contribution in [0.4, 0.5) is 10.5 Å². The fourth-order valence-electron chi connectivity index (χ4n) is 5.15. The zero-order chi connectivity index (χ0) is 27.2. The van der Waals surface area contributed by atoms with Crippen molar-refractivity contribution in [3.05, 3.63) is 58.6 Å². The van der Waals surface area contributed by atoms with Crippen LogP contribution in [0.3, 0.4) is 0 Å². The van der Waals surface area contributed by atoms with E-state index >= 15 is 0 Å². The Morgan fingerprint density at radius 1 is 1.11 bits per heavy atom. The molecule has 2 aromatic rings. The van der Waals surface area contributed by atoms with Crippen LogP contribution in [-0.2, 0) is 11.3 Å². The molecule has 9 heteroatoms. The molecule has 1 aliphatic heterocycles. The molecule has 38 heavy (non-hydrogen) atoms. The molecule has 0 radical (unpaired) electrons. The number of hydrogen-bond donors (Lipinski definition) is 2. The SMILES string of the molecule is CCOc1ccc(C(=O)N2C[C@@H](C)N(C(=O)N[C@@H](C)C(=O)NC3CCCCC3)Cc3ccccc32)c(Cl)c1. The Balaban J connectivity index is 1.50. The van der Waals surface area contributed by atoms with E-state index in [-0.39, 0.29) is 36.5 Å². The summed E-state index contributed by atoms with van der Waals surface area (Å²) in [5.74, 6) is 0.179. The van der Waals surface area contributed by atoms with Crippen molar-refractivity contribution >= 4 is 35.1 Å². The van der Waals surface area contributed by atoms with Crippen molar-refractivity contribution in [3.63, 3.8) is 0 Å². The summed E-state index contributed by atoms with van der Waals surface area (Å²) in [6.45, 7) is 6.57. The smallest absolute Gasteiger partial charge is 0.318 e. The molecular weight excluding hydrogens is 504 g/mol. The average Bonchev–Trinajstić information content (AvgIpc) is 3.05. The first-order chi connectivity index (χ1) is 18.3. The number of para-hydroxylation sites is 1. The van der Waals surface area contributed by atoms with Gasteiger partial charge < -0.3 is 25.2 Å². The third-order valence-corrected chi connectivity index (χ3v) is 7.59. The number of hydrogen-bond acceptors (Lipinski definition) is 4. The number of carbonyl (C=O) groups excluding carboxylic acids is 3. The molecular formula is C29H37ClN4O4. The van der Waals surface area contributed by atoms with Crippen LogP contribution in [0.2, 0.25) is 5.02 Å². The van der Waals surface area contributed by atoms with Gasteiger partial charge in [0.25, 0.3) is 5.91 Å². The van der Waals surface area contributed by atoms with E-state index in [1.54, 1.807) is 34.9 Å². The first kappa shape index (κ1) is 27.8. The fraction of sp³-hybridized carbons (Fsp3) is 0.483. The third-order valence-electron chi connectivity index (χ3n) is 7.27. The normalized spacial score (nSPS) is 18.7. The second-order valence-corrected chi connectivity index (χ2v) is 10.5. The highest BCUT2D eigenvalue weighted by Crippen LogP contribution is 2.31. The topological polar surface area (TPSA) is 91.0 Å². The number of urea groups is 1. The van der Waals surface area contributed by atoms with Gasteiger partial charge >= 0.3 is 6.03 Å². The predicted molar refractivity (Wildman–Crippen MR) is 149 cm³/mol. The van der Waals surface area contributed by atoms with Crippen LogP contribution in [0.1, 0.15) is 68.8 Å². The third kappa shape index (κ3) is 6.41. The number of benzene rings is 2. The van der Waals surface area contributed by atoms with Crippen molar-refractivity contribution in [2.45, 2.75) is 77.5 Å². The summed E-state index contributed by atoms with van der Waals surface area (Å²) in [4.78, 5) is 43.2. The zero-order valence-corrected chi connectivity index (χ0v) is 23.1. The van der Waals surface area contributed by atoms with E-state index in [1.807, 2.05) is 38.1 Å². The van der Waals surface area contributed by atoms with Gasteiger partial charge in [-0.15, -0.1) is 0 Å². The van der Waals surface area contributed by atoms with Gasteiger partial charge in [-0.25, -0.2) is 4.79 Å². The summed E-state index contributed by atoms with van der Waals surface area (Å²) in [6.07, 6.45) is 5.40. The number of carbonyl (C=O) groups is 3. The molecule has 0 aromatic heterocycles. The number of anilines is 1. The van der Waals surface area contributed by atoms with Gasteiger partial charge in [0.05, 0.1) is 17.2 Å². The number of rotatable bonds is 6. The van der Waals surface area contributed by atoms with Gasteiger partial charge in [-0.2, -0.15) is 0 Å². The van der Waals surface area contributed by atoms with Gasteiger partial charge in [0.1, 0.15) is 11.8 Å². The van der Waals surface area contributed by atoms with E-state index < -0.39 is 6.04 Å². The number of nitrogens with one attached hydrogen (secondary N) is 2. The highest BCUT2D eigenvalue weighted by atomic mass is 35.5. The lowest BCUT2D eigenvalue weighted by molar-refractivity contribution is -0.123. The minimum absolute atomic E-state index is 0.171. The minimum atomic E-state index is -0.671. The molecule has 2 N–H and O–H groups in total. The first-order valence-corrected chi connectivity index (χ1v) is 13.9. The molecule has 2 atom stereocenters. The predicted octanol–water partition coefficient (Wildman–Crippen LogP) is 5.14. The zero-order valence-electron chi connectivity index (χ0n) is 22.3. The van der Waals surface area contributed by atoms with Gasteiger partial charge in [-0.05, 0) is 63.4 Å². The number of ether oxygens (including phenoxy) is 1. The second-order valence-electron chi connectivity index (χ2n) is 10.1. The summed E-state index contributed by atoms with van der Waals surface area (Å²) in [7, 11) is 0. The van der Waals surface area contributed by atoms with Crippen molar-refractivity contribution < 1.29 is 19.1 Å². The van der Waals surface area contributed by atoms with Crippen LogP contribution >= 0.6 is 11.6 Å². The maximum Gasteiger partial charge on any atom is 0.318 e. The van der Waals surface area contributed by atoms with Gasteiger partial charge in [-0.1, -0.05) is 49.1 Å². The monoisotopic (exact) mass is 540 g/mol. The van der Waals surface area contributed by atoms with Gasteiger partial charge in [-0.3, -0.25) is 9.59 Å². The fourth-order valence-corrected chi connectivity index (χ4v) is 5.40. The summed E-state index contributed by atoms with van der Waals surface area (Å²) < 4.78 is 5.50. The average molecular weight is 541 g/mol. The van der Waals surface area contributed by atoms with E-state index in [4.69, 9.17) is 16.3 Å². The molecule has 0 spiro atoms. The molecule has 0 saturated heterocycles. The molecule has 1 heterocycles. The Hall–Kier alpha value is -3.26. The molecule has 1 fully saturated rings. The van der Waals surface area contributed by atoms with Crippen molar-refractivity contribution in [3.8, 4) is 5.75 Å². The number of amides is 4. The molecule has 2 aliphatic rings. The van der Waals surface area contributed by atoms with E-state index in [0.29, 0.717) is 29.5 Å². The van der Waals surface area contributed by atoms with Crippen LogP contribution in [0, 0.1) is 0 Å². The molecule has 0 bridgehead atoms. The van der Waals surface area contributed by atoms with E-state index in [0.717, 1.165) is 36.9 Å². The van der Waals surface area contributed by atoms with Crippen LogP contribution < -0.4 is 20.3 Å². The summed E-state index contributed by atoms with van der Waals surface area (Å²) in [5.41, 5.74) is 1.93. The molecule has 1 aliphatic carbocycles. The molecule has 0 unspecified atom stereocenters. The first-order valence-electron chi connectivity index (χ1n) is 13.5. The van der Waals surface area contributed by atoms with Gasteiger partial charge in [0.2, 0.25) is 5.91 Å². The van der Waals surface area contributed by atoms with Gasteiger partial charge in [0.15, 0.2) is 0 Å². The van der Waals surface area contributed by atoms with E-state index in [2.05, 4.69) is 10.6 Å². The second kappa shape index (κ2) is 12.5. The Labute approximate surface area is 229 Å². The number of nitrogens with zero attached hydrogens (tertiary/aromatic N) is 2. The van der Waals surface area contributed by atoms with E-state index in [1.165, 1.54) is 6.42 Å². The molecule has 2 aromatic carbocycles. The van der Waals surface area contributed by atoms with Crippen molar-refractivity contribution in [2.75, 3.05) is 18.1 Å². The van der Waals surface area contributed by atoms with Crippen molar-refractivity contribution in [1.29, 1.82) is 0 Å². The highest BCUT2D eigenvalue weighted by molar-refractivity contribution is 6.34. The Morgan fingerprint density at radius 2 is 1.84 bits per heavy atom. The molecule has 8 nitrogen and oxygen atoms in total. The highest BCUT2D eigenvalue weighted by Gasteiger charge is 2.33. The van der Waals surface area contributed by atoms with Crippen LogP contribution in [0.25, 0.3) is 0 Å². The maximum atomic E-state index is 13.7. The van der Waals surface area contributed by atoms with Gasteiger partial charge in [0, 0.05) is 30.9 Å². The minimum Gasteiger partial charge on any atom is -0.494 e. The molecule has 1 saturated carbocycles. The summed E-state index contributed by atoms with van der Waals surface area (Å²) in [5, 5.41) is 6.25. The molecule has 204 valence electrons. The van der Waals surface area contributed by atoms with Crippen LogP contribution in [-0.4, -0.2) is 54.0 Å². The number of fused-ring (bicyclic) bond motifs is 1. The van der Waals surface area contributed by atoms with Crippen LogP contribution in [0.15, 0.2) is 42.5 Å². The lowest BCUT2D eigenvalue weighted by Crippen LogP contribution is -2.54. The largest absolute Gasteiger partial charge is 0.494 e. The van der Waals surface area contributed by atoms with Crippen molar-refractivity contribution in [1.82, 2.24) is 15.5 Å². The van der Waals surface area contributed by atoms with Crippen LogP contribution in [0.5, 0.6) is 5.75 Å². The Kier molecular flexibility index (Phi) is 9.15.